The molecule has 0 saturated heterocycles. The molecule has 0 aliphatic rings. The Hall–Kier alpha value is -3.40. The van der Waals surface area contributed by atoms with Crippen LogP contribution in [0.15, 0.2) is 60.7 Å². The maximum atomic E-state index is 5.02. The van der Waals surface area contributed by atoms with E-state index in [2.05, 4.69) is 94.9 Å². The predicted molar refractivity (Wildman–Crippen MR) is 109 cm³/mol. The second kappa shape index (κ2) is 4.86. The van der Waals surface area contributed by atoms with Crippen LogP contribution in [0, 0.1) is 13.8 Å². The molecule has 6 aromatic rings. The molecule has 4 heteroatoms. The van der Waals surface area contributed by atoms with Gasteiger partial charge in [0.15, 0.2) is 11.0 Å². The Balaban J connectivity index is 2.11. The van der Waals surface area contributed by atoms with E-state index in [0.29, 0.717) is 0 Å². The number of aromatic nitrogens is 4. The van der Waals surface area contributed by atoms with Crippen molar-refractivity contribution >= 4 is 44.4 Å². The standard InChI is InChI=1S/C23H19N4/c1-14-12-13-20-21(15(14)2)22-25(3)18-10-6-7-11-19(18)27(22)23-24-16-8-4-5-9-17(16)26(20)23/h4-13H,1-3H3/q+1. The third-order valence-corrected chi connectivity index (χ3v) is 5.93. The molecule has 4 nitrogen and oxygen atoms in total. The summed E-state index contributed by atoms with van der Waals surface area (Å²) in [4.78, 5) is 5.02. The van der Waals surface area contributed by atoms with Gasteiger partial charge in [-0.05, 0) is 55.3 Å². The van der Waals surface area contributed by atoms with Gasteiger partial charge in [0.25, 0.3) is 5.65 Å². The van der Waals surface area contributed by atoms with E-state index in [-0.39, 0.29) is 0 Å². The second-order valence-electron chi connectivity index (χ2n) is 7.34. The molecule has 0 aliphatic heterocycles. The Kier molecular flexibility index (Phi) is 2.65. The van der Waals surface area contributed by atoms with E-state index in [4.69, 9.17) is 4.98 Å². The van der Waals surface area contributed by atoms with E-state index in [1.165, 1.54) is 38.7 Å². The maximum absolute atomic E-state index is 5.02. The fourth-order valence-corrected chi connectivity index (χ4v) is 4.47. The van der Waals surface area contributed by atoms with Gasteiger partial charge in [-0.3, -0.25) is 4.40 Å². The Bertz CT molecular complexity index is 1550. The molecular formula is C23H19N4+. The molecule has 130 valence electrons. The van der Waals surface area contributed by atoms with Crippen LogP contribution in [-0.2, 0) is 7.05 Å². The van der Waals surface area contributed by atoms with E-state index >= 15 is 0 Å². The Morgan fingerprint density at radius 2 is 1.52 bits per heavy atom. The molecule has 3 heterocycles. The van der Waals surface area contributed by atoms with Crippen molar-refractivity contribution < 1.29 is 4.57 Å². The largest absolute Gasteiger partial charge is 0.312 e. The highest BCUT2D eigenvalue weighted by atomic mass is 15.2. The quantitative estimate of drug-likeness (QED) is 0.370. The van der Waals surface area contributed by atoms with E-state index in [0.717, 1.165) is 16.8 Å². The first-order valence-electron chi connectivity index (χ1n) is 9.25. The molecule has 0 saturated carbocycles. The fraction of sp³-hybridized carbons (Fsp3) is 0.130. The van der Waals surface area contributed by atoms with Crippen molar-refractivity contribution in [2.75, 3.05) is 0 Å². The van der Waals surface area contributed by atoms with Crippen molar-refractivity contribution in [1.29, 1.82) is 0 Å². The first-order valence-corrected chi connectivity index (χ1v) is 9.25. The number of para-hydroxylation sites is 4. The van der Waals surface area contributed by atoms with Crippen LogP contribution in [-0.4, -0.2) is 13.8 Å². The van der Waals surface area contributed by atoms with Gasteiger partial charge in [0.05, 0.1) is 29.0 Å². The van der Waals surface area contributed by atoms with Gasteiger partial charge in [-0.1, -0.05) is 30.3 Å². The van der Waals surface area contributed by atoms with Crippen LogP contribution in [0.25, 0.3) is 44.4 Å². The van der Waals surface area contributed by atoms with Crippen molar-refractivity contribution in [2.24, 2.45) is 7.05 Å². The number of imidazole rings is 2. The topological polar surface area (TPSA) is 25.6 Å². The summed E-state index contributed by atoms with van der Waals surface area (Å²) in [5, 5.41) is 1.28. The number of rotatable bonds is 0. The molecule has 6 rings (SSSR count). The van der Waals surface area contributed by atoms with Gasteiger partial charge < -0.3 is 0 Å². The van der Waals surface area contributed by atoms with Crippen LogP contribution in [0.1, 0.15) is 11.1 Å². The fourth-order valence-electron chi connectivity index (χ4n) is 4.47. The monoisotopic (exact) mass is 351 g/mol. The van der Waals surface area contributed by atoms with Crippen molar-refractivity contribution in [3.05, 3.63) is 71.8 Å². The number of hydrogen-bond acceptors (Lipinski definition) is 1. The lowest BCUT2D eigenvalue weighted by Gasteiger charge is -2.08. The highest BCUT2D eigenvalue weighted by Gasteiger charge is 2.26. The number of aryl methyl sites for hydroxylation is 3. The van der Waals surface area contributed by atoms with E-state index < -0.39 is 0 Å². The smallest absolute Gasteiger partial charge is 0.258 e. The lowest BCUT2D eigenvalue weighted by molar-refractivity contribution is -0.617. The third kappa shape index (κ3) is 1.68. The average Bonchev–Trinajstić information content (AvgIpc) is 3.21. The van der Waals surface area contributed by atoms with Gasteiger partial charge in [-0.15, -0.1) is 0 Å². The highest BCUT2D eigenvalue weighted by Crippen LogP contribution is 2.31. The molecule has 0 N–H and O–H groups in total. The molecule has 0 fully saturated rings. The summed E-state index contributed by atoms with van der Waals surface area (Å²) in [6.45, 7) is 4.41. The summed E-state index contributed by atoms with van der Waals surface area (Å²) >= 11 is 0. The summed E-state index contributed by atoms with van der Waals surface area (Å²) in [5.74, 6) is 0.957. The van der Waals surface area contributed by atoms with Crippen LogP contribution in [0.5, 0.6) is 0 Å². The van der Waals surface area contributed by atoms with Crippen molar-refractivity contribution in [1.82, 2.24) is 13.8 Å². The normalized spacial score (nSPS) is 12.3. The number of nitrogens with zero attached hydrogens (tertiary/aromatic N) is 4. The zero-order valence-electron chi connectivity index (χ0n) is 15.6. The van der Waals surface area contributed by atoms with Crippen molar-refractivity contribution in [3.8, 4) is 0 Å². The highest BCUT2D eigenvalue weighted by molar-refractivity contribution is 6.01. The molecule has 0 aliphatic carbocycles. The Morgan fingerprint density at radius 3 is 2.37 bits per heavy atom. The van der Waals surface area contributed by atoms with Crippen LogP contribution >= 0.6 is 0 Å². The van der Waals surface area contributed by atoms with Crippen LogP contribution in [0.3, 0.4) is 0 Å². The maximum Gasteiger partial charge on any atom is 0.312 e. The molecule has 27 heavy (non-hydrogen) atoms. The van der Waals surface area contributed by atoms with Crippen molar-refractivity contribution in [2.45, 2.75) is 13.8 Å². The zero-order valence-corrected chi connectivity index (χ0v) is 15.6. The second-order valence-corrected chi connectivity index (χ2v) is 7.34. The van der Waals surface area contributed by atoms with Crippen LogP contribution in [0.4, 0.5) is 0 Å². The van der Waals surface area contributed by atoms with Gasteiger partial charge >= 0.3 is 5.78 Å². The van der Waals surface area contributed by atoms with Gasteiger partial charge in [0, 0.05) is 0 Å². The lowest BCUT2D eigenvalue weighted by atomic mass is 10.0. The third-order valence-electron chi connectivity index (χ3n) is 5.93. The molecule has 0 atom stereocenters. The molecule has 3 aromatic carbocycles. The van der Waals surface area contributed by atoms with E-state index in [1.807, 2.05) is 0 Å². The summed E-state index contributed by atoms with van der Waals surface area (Å²) in [7, 11) is 2.15. The van der Waals surface area contributed by atoms with Gasteiger partial charge in [0.1, 0.15) is 0 Å². The summed E-state index contributed by atoms with van der Waals surface area (Å²) < 4.78 is 6.91. The minimum Gasteiger partial charge on any atom is -0.258 e. The molecule has 0 spiro atoms. The Morgan fingerprint density at radius 1 is 0.778 bits per heavy atom. The Labute approximate surface area is 155 Å². The first-order chi connectivity index (χ1) is 13.2. The summed E-state index contributed by atoms with van der Waals surface area (Å²) in [6.07, 6.45) is 0. The van der Waals surface area contributed by atoms with Gasteiger partial charge in [-0.2, -0.15) is 9.38 Å². The predicted octanol–water partition coefficient (Wildman–Crippen LogP) is 4.49. The molecule has 0 unspecified atom stereocenters. The average molecular weight is 351 g/mol. The minimum atomic E-state index is 0.957. The van der Waals surface area contributed by atoms with E-state index in [9.17, 15) is 0 Å². The van der Waals surface area contributed by atoms with Crippen molar-refractivity contribution in [3.63, 3.8) is 0 Å². The zero-order chi connectivity index (χ0) is 18.3. The molecule has 0 amide bonds. The van der Waals surface area contributed by atoms with Gasteiger partial charge in [0.2, 0.25) is 0 Å². The molecule has 3 aromatic heterocycles. The van der Waals surface area contributed by atoms with Crippen LogP contribution < -0.4 is 4.57 Å². The summed E-state index contributed by atoms with van der Waals surface area (Å²) in [5.41, 5.74) is 9.56. The number of benzene rings is 3. The van der Waals surface area contributed by atoms with Crippen LogP contribution in [0.2, 0.25) is 0 Å². The lowest BCUT2D eigenvalue weighted by Crippen LogP contribution is -2.28. The van der Waals surface area contributed by atoms with E-state index in [1.54, 1.807) is 0 Å². The molecular weight excluding hydrogens is 332 g/mol. The van der Waals surface area contributed by atoms with Gasteiger partial charge in [-0.25, -0.2) is 4.57 Å². The SMILES string of the molecule is Cc1ccc2c(c1C)c1n(c3ccccc3[n+]1C)c1nc3ccccc3n21. The molecule has 0 bridgehead atoms. The first kappa shape index (κ1) is 14.7. The minimum absolute atomic E-state index is 0.957. The molecule has 0 radical (unpaired) electrons. The summed E-state index contributed by atoms with van der Waals surface area (Å²) in [6, 6.07) is 21.4. The number of hydrogen-bond donors (Lipinski definition) is 0. The number of fused-ring (bicyclic) bond motifs is 10.